The van der Waals surface area contributed by atoms with E-state index in [0.717, 1.165) is 5.06 Å². The van der Waals surface area contributed by atoms with Crippen molar-refractivity contribution in [3.63, 3.8) is 0 Å². The fourth-order valence-corrected chi connectivity index (χ4v) is 1.56. The van der Waals surface area contributed by atoms with Crippen LogP contribution in [0.1, 0.15) is 33.3 Å². The van der Waals surface area contributed by atoms with Crippen molar-refractivity contribution >= 4 is 5.84 Å². The lowest BCUT2D eigenvalue weighted by atomic mass is 9.84. The fraction of sp³-hybridized carbons (Fsp3) is 0.545. The van der Waals surface area contributed by atoms with E-state index in [2.05, 4.69) is 15.0 Å². The van der Waals surface area contributed by atoms with Gasteiger partial charge in [0, 0.05) is 12.4 Å². The molecule has 0 amide bonds. The summed E-state index contributed by atoms with van der Waals surface area (Å²) in [5, 5.41) is 13.1. The van der Waals surface area contributed by atoms with Gasteiger partial charge in [-0.3, -0.25) is 4.99 Å². The molecule has 1 aliphatic rings. The van der Waals surface area contributed by atoms with E-state index in [1.165, 1.54) is 6.33 Å². The van der Waals surface area contributed by atoms with Crippen molar-refractivity contribution in [2.24, 2.45) is 4.99 Å². The summed E-state index contributed by atoms with van der Waals surface area (Å²) in [7, 11) is 0. The van der Waals surface area contributed by atoms with Crippen molar-refractivity contribution in [3.05, 3.63) is 24.3 Å². The van der Waals surface area contributed by atoms with E-state index in [1.807, 2.05) is 27.7 Å². The van der Waals surface area contributed by atoms with Crippen LogP contribution in [-0.4, -0.2) is 31.9 Å². The van der Waals surface area contributed by atoms with Crippen molar-refractivity contribution in [3.8, 4) is 0 Å². The first-order chi connectivity index (χ1) is 7.36. The van der Waals surface area contributed by atoms with E-state index in [9.17, 15) is 5.21 Å². The number of rotatable bonds is 1. The maximum atomic E-state index is 12.2. The van der Waals surface area contributed by atoms with Gasteiger partial charge < -0.3 is 0 Å². The molecule has 5 heteroatoms. The minimum atomic E-state index is -0.557. The van der Waals surface area contributed by atoms with Crippen LogP contribution in [0.2, 0.25) is 0 Å². The predicted molar refractivity (Wildman–Crippen MR) is 59.3 cm³/mol. The van der Waals surface area contributed by atoms with Crippen molar-refractivity contribution in [2.45, 2.75) is 38.8 Å². The number of hydrogen-bond donors (Lipinski definition) is 0. The molecule has 0 bridgehead atoms. The van der Waals surface area contributed by atoms with Gasteiger partial charge in [-0.05, 0) is 27.7 Å². The van der Waals surface area contributed by atoms with Crippen molar-refractivity contribution in [1.82, 2.24) is 15.0 Å². The van der Waals surface area contributed by atoms with Gasteiger partial charge in [-0.1, -0.05) is 5.21 Å². The van der Waals surface area contributed by atoms with E-state index in [1.54, 1.807) is 12.4 Å². The monoisotopic (exact) mass is 219 g/mol. The van der Waals surface area contributed by atoms with Crippen LogP contribution in [0.15, 0.2) is 23.7 Å². The molecular weight excluding hydrogens is 204 g/mol. The third kappa shape index (κ3) is 1.39. The molecule has 0 spiro atoms. The summed E-state index contributed by atoms with van der Waals surface area (Å²) in [5.74, 6) is 0.413. The van der Waals surface area contributed by atoms with E-state index in [0.29, 0.717) is 11.4 Å². The first-order valence-electron chi connectivity index (χ1n) is 5.19. The minimum Gasteiger partial charge on any atom is -0.257 e. The topological polar surface area (TPSA) is 61.3 Å². The predicted octanol–water partition coefficient (Wildman–Crippen LogP) is 1.44. The average Bonchev–Trinajstić information content (AvgIpc) is 2.40. The van der Waals surface area contributed by atoms with Gasteiger partial charge in [0.2, 0.25) is 0 Å². The van der Waals surface area contributed by atoms with Crippen molar-refractivity contribution in [2.75, 3.05) is 0 Å². The van der Waals surface area contributed by atoms with Gasteiger partial charge in [-0.15, -0.1) is 0 Å². The van der Waals surface area contributed by atoms with Crippen molar-refractivity contribution < 1.29 is 5.21 Å². The van der Waals surface area contributed by atoms with Crippen LogP contribution in [0.25, 0.3) is 0 Å². The Balaban J connectivity index is 2.46. The summed E-state index contributed by atoms with van der Waals surface area (Å²) >= 11 is 0. The lowest BCUT2D eigenvalue weighted by molar-refractivity contribution is -0.158. The zero-order valence-electron chi connectivity index (χ0n) is 9.93. The molecule has 2 heterocycles. The van der Waals surface area contributed by atoms with E-state index in [4.69, 9.17) is 0 Å². The quantitative estimate of drug-likeness (QED) is 0.718. The molecule has 1 aliphatic heterocycles. The van der Waals surface area contributed by atoms with Gasteiger partial charge >= 0.3 is 0 Å². The highest BCUT2D eigenvalue weighted by atomic mass is 16.5. The lowest BCUT2D eigenvalue weighted by Gasteiger charge is -2.35. The highest BCUT2D eigenvalue weighted by Gasteiger charge is 2.50. The maximum Gasteiger partial charge on any atom is 0.162 e. The Morgan fingerprint density at radius 3 is 2.12 bits per heavy atom. The SMILES string of the molecule is CC1(C)N=C(c2cncnc2)N([O])C1(C)C. The Morgan fingerprint density at radius 1 is 1.12 bits per heavy atom. The molecule has 1 aromatic heterocycles. The molecule has 1 aromatic rings. The Hall–Kier alpha value is -1.49. The second-order valence-electron chi connectivity index (χ2n) is 4.97. The second-order valence-corrected chi connectivity index (χ2v) is 4.97. The summed E-state index contributed by atoms with van der Waals surface area (Å²) < 4.78 is 0. The Kier molecular flexibility index (Phi) is 2.24. The fourth-order valence-electron chi connectivity index (χ4n) is 1.56. The largest absolute Gasteiger partial charge is 0.257 e. The maximum absolute atomic E-state index is 12.2. The van der Waals surface area contributed by atoms with Crippen LogP contribution >= 0.6 is 0 Å². The molecule has 16 heavy (non-hydrogen) atoms. The highest BCUT2D eigenvalue weighted by Crippen LogP contribution is 2.37. The first kappa shape index (κ1) is 11.0. The third-order valence-electron chi connectivity index (χ3n) is 3.40. The Labute approximate surface area is 94.8 Å². The van der Waals surface area contributed by atoms with E-state index < -0.39 is 11.1 Å². The molecule has 0 N–H and O–H groups in total. The molecule has 0 aliphatic carbocycles. The molecule has 0 unspecified atom stereocenters. The van der Waals surface area contributed by atoms with Crippen LogP contribution in [0.5, 0.6) is 0 Å². The molecule has 0 aromatic carbocycles. The molecule has 85 valence electrons. The second kappa shape index (κ2) is 3.25. The van der Waals surface area contributed by atoms with Gasteiger partial charge in [-0.2, -0.15) is 5.06 Å². The number of hydrogen-bond acceptors (Lipinski definition) is 4. The summed E-state index contributed by atoms with van der Waals surface area (Å²) in [4.78, 5) is 12.3. The van der Waals surface area contributed by atoms with Crippen molar-refractivity contribution in [1.29, 1.82) is 0 Å². The lowest BCUT2D eigenvalue weighted by Crippen LogP contribution is -2.50. The zero-order chi connectivity index (χ0) is 12.0. The zero-order valence-corrected chi connectivity index (χ0v) is 9.93. The first-order valence-corrected chi connectivity index (χ1v) is 5.19. The Morgan fingerprint density at radius 2 is 1.69 bits per heavy atom. The van der Waals surface area contributed by atoms with Crippen LogP contribution in [-0.2, 0) is 5.21 Å². The number of hydroxylamine groups is 2. The number of nitrogens with zero attached hydrogens (tertiary/aromatic N) is 4. The number of amidine groups is 1. The van der Waals surface area contributed by atoms with Gasteiger partial charge in [0.15, 0.2) is 5.84 Å². The summed E-state index contributed by atoms with van der Waals surface area (Å²) in [5.41, 5.74) is -0.311. The molecule has 1 radical (unpaired) electrons. The molecule has 0 fully saturated rings. The van der Waals surface area contributed by atoms with Gasteiger partial charge in [0.1, 0.15) is 6.33 Å². The minimum absolute atomic E-state index is 0.413. The van der Waals surface area contributed by atoms with Crippen LogP contribution in [0.4, 0.5) is 0 Å². The molecular formula is C11H15N4O. The molecule has 5 nitrogen and oxygen atoms in total. The summed E-state index contributed by atoms with van der Waals surface area (Å²) in [6.45, 7) is 7.68. The number of aliphatic imine (C=N–C) groups is 1. The highest BCUT2D eigenvalue weighted by molar-refractivity contribution is 5.99. The summed E-state index contributed by atoms with van der Waals surface area (Å²) in [6.07, 6.45) is 4.65. The molecule has 2 rings (SSSR count). The van der Waals surface area contributed by atoms with Crippen LogP contribution in [0, 0.1) is 0 Å². The van der Waals surface area contributed by atoms with E-state index in [-0.39, 0.29) is 0 Å². The molecule has 0 saturated carbocycles. The normalized spacial score (nSPS) is 22.1. The summed E-state index contributed by atoms with van der Waals surface area (Å²) in [6, 6.07) is 0. The standard InChI is InChI=1S/C11H15N4O/c1-10(2)11(3,4)15(16)9(14-10)8-5-12-7-13-6-8/h5-7H,1-4H3. The molecule has 0 saturated heterocycles. The smallest absolute Gasteiger partial charge is 0.162 e. The third-order valence-corrected chi connectivity index (χ3v) is 3.40. The van der Waals surface area contributed by atoms with Gasteiger partial charge in [0.05, 0.1) is 16.6 Å². The number of aromatic nitrogens is 2. The van der Waals surface area contributed by atoms with E-state index >= 15 is 0 Å². The Bertz CT molecular complexity index is 425. The average molecular weight is 219 g/mol. The van der Waals surface area contributed by atoms with Crippen LogP contribution < -0.4 is 0 Å². The van der Waals surface area contributed by atoms with Gasteiger partial charge in [-0.25, -0.2) is 9.97 Å². The molecule has 0 atom stereocenters. The van der Waals surface area contributed by atoms with Crippen LogP contribution in [0.3, 0.4) is 0 Å². The van der Waals surface area contributed by atoms with Gasteiger partial charge in [0.25, 0.3) is 0 Å².